The van der Waals surface area contributed by atoms with E-state index in [2.05, 4.69) is 24.1 Å². The number of carbonyl (C=O) groups excluding carboxylic acids is 2. The molecule has 1 aliphatic heterocycles. The van der Waals surface area contributed by atoms with Crippen LogP contribution in [-0.2, 0) is 4.74 Å². The lowest BCUT2D eigenvalue weighted by Gasteiger charge is -2.26. The zero-order valence-corrected chi connectivity index (χ0v) is 13.2. The zero-order chi connectivity index (χ0) is 15.9. The Morgan fingerprint density at radius 1 is 1.27 bits per heavy atom. The molecule has 22 heavy (non-hydrogen) atoms. The summed E-state index contributed by atoms with van der Waals surface area (Å²) in [5.41, 5.74) is 0.585. The number of hydrogen-bond donors (Lipinski definition) is 1. The first-order valence-electron chi connectivity index (χ1n) is 7.70. The van der Waals surface area contributed by atoms with Gasteiger partial charge in [-0.05, 0) is 24.5 Å². The molecule has 6 nitrogen and oxygen atoms in total. The number of aromatic nitrogens is 1. The van der Waals surface area contributed by atoms with E-state index in [1.807, 2.05) is 0 Å². The van der Waals surface area contributed by atoms with Crippen LogP contribution in [0.3, 0.4) is 0 Å². The van der Waals surface area contributed by atoms with E-state index in [1.54, 1.807) is 23.1 Å². The Morgan fingerprint density at radius 3 is 2.64 bits per heavy atom. The first-order valence-corrected chi connectivity index (χ1v) is 7.70. The minimum Gasteiger partial charge on any atom is -0.378 e. The average Bonchev–Trinajstić information content (AvgIpc) is 2.54. The number of rotatable bonds is 5. The van der Waals surface area contributed by atoms with Gasteiger partial charge in [-0.25, -0.2) is 4.98 Å². The molecule has 1 saturated heterocycles. The molecule has 0 aromatic carbocycles. The van der Waals surface area contributed by atoms with Crippen molar-refractivity contribution in [3.05, 3.63) is 29.6 Å². The summed E-state index contributed by atoms with van der Waals surface area (Å²) in [6.07, 6.45) is 0.915. The van der Waals surface area contributed by atoms with Gasteiger partial charge in [-0.2, -0.15) is 0 Å². The fraction of sp³-hybridized carbons (Fsp3) is 0.562. The van der Waals surface area contributed by atoms with Gasteiger partial charge in [0.1, 0.15) is 11.4 Å². The fourth-order valence-corrected chi connectivity index (χ4v) is 2.17. The highest BCUT2D eigenvalue weighted by Crippen LogP contribution is 2.07. The van der Waals surface area contributed by atoms with Gasteiger partial charge in [0.2, 0.25) is 0 Å². The number of pyridine rings is 1. The fourth-order valence-electron chi connectivity index (χ4n) is 2.17. The molecule has 0 unspecified atom stereocenters. The summed E-state index contributed by atoms with van der Waals surface area (Å²) in [7, 11) is 0. The third-order valence-corrected chi connectivity index (χ3v) is 3.51. The van der Waals surface area contributed by atoms with Crippen LogP contribution in [0.25, 0.3) is 0 Å². The van der Waals surface area contributed by atoms with Crippen LogP contribution in [0.4, 0.5) is 0 Å². The van der Waals surface area contributed by atoms with Gasteiger partial charge in [-0.3, -0.25) is 9.59 Å². The van der Waals surface area contributed by atoms with E-state index in [1.165, 1.54) is 0 Å². The van der Waals surface area contributed by atoms with Crippen molar-refractivity contribution in [2.75, 3.05) is 32.8 Å². The molecule has 1 aromatic rings. The number of ether oxygens (including phenoxy) is 1. The Bertz CT molecular complexity index is 525. The summed E-state index contributed by atoms with van der Waals surface area (Å²) in [6, 6.07) is 4.96. The van der Waals surface area contributed by atoms with Gasteiger partial charge < -0.3 is 15.0 Å². The van der Waals surface area contributed by atoms with Crippen LogP contribution in [-0.4, -0.2) is 54.5 Å². The quantitative estimate of drug-likeness (QED) is 0.891. The predicted molar refractivity (Wildman–Crippen MR) is 82.7 cm³/mol. The highest BCUT2D eigenvalue weighted by Gasteiger charge is 2.20. The van der Waals surface area contributed by atoms with Crippen LogP contribution in [0.15, 0.2) is 18.2 Å². The number of carbonyl (C=O) groups is 2. The topological polar surface area (TPSA) is 71.5 Å². The second-order valence-electron chi connectivity index (χ2n) is 5.75. The van der Waals surface area contributed by atoms with Gasteiger partial charge in [0.15, 0.2) is 0 Å². The molecule has 1 aromatic heterocycles. The lowest BCUT2D eigenvalue weighted by molar-refractivity contribution is 0.0299. The summed E-state index contributed by atoms with van der Waals surface area (Å²) in [5, 5.41) is 2.83. The van der Waals surface area contributed by atoms with Gasteiger partial charge in [0, 0.05) is 19.6 Å². The molecule has 0 saturated carbocycles. The van der Waals surface area contributed by atoms with E-state index in [0.717, 1.165) is 6.42 Å². The smallest absolute Gasteiger partial charge is 0.272 e. The number of nitrogens with one attached hydrogen (secondary N) is 1. The molecule has 2 heterocycles. The van der Waals surface area contributed by atoms with E-state index in [-0.39, 0.29) is 17.5 Å². The summed E-state index contributed by atoms with van der Waals surface area (Å²) >= 11 is 0. The minimum absolute atomic E-state index is 0.153. The van der Waals surface area contributed by atoms with Gasteiger partial charge in [-0.1, -0.05) is 19.9 Å². The van der Waals surface area contributed by atoms with Gasteiger partial charge in [0.05, 0.1) is 13.2 Å². The summed E-state index contributed by atoms with van der Waals surface area (Å²) in [4.78, 5) is 30.3. The molecule has 0 radical (unpaired) electrons. The molecule has 6 heteroatoms. The van der Waals surface area contributed by atoms with E-state index in [4.69, 9.17) is 4.74 Å². The van der Waals surface area contributed by atoms with Crippen molar-refractivity contribution in [2.45, 2.75) is 20.3 Å². The molecular weight excluding hydrogens is 282 g/mol. The molecule has 0 spiro atoms. The Morgan fingerprint density at radius 2 is 1.95 bits per heavy atom. The van der Waals surface area contributed by atoms with Crippen LogP contribution in [0, 0.1) is 5.92 Å². The van der Waals surface area contributed by atoms with Crippen molar-refractivity contribution in [2.24, 2.45) is 5.92 Å². The number of amides is 2. The molecule has 1 N–H and O–H groups in total. The van der Waals surface area contributed by atoms with Crippen LogP contribution >= 0.6 is 0 Å². The van der Waals surface area contributed by atoms with Crippen LogP contribution in [0.2, 0.25) is 0 Å². The van der Waals surface area contributed by atoms with E-state index in [0.29, 0.717) is 44.5 Å². The first kappa shape index (κ1) is 16.4. The standard InChI is InChI=1S/C16H23N3O3/c1-12(2)6-7-17-15(20)13-4-3-5-14(18-13)16(21)19-8-10-22-11-9-19/h3-5,12H,6-11H2,1-2H3,(H,17,20). The SMILES string of the molecule is CC(C)CCNC(=O)c1cccc(C(=O)N2CCOCC2)n1. The van der Waals surface area contributed by atoms with Crippen molar-refractivity contribution >= 4 is 11.8 Å². The summed E-state index contributed by atoms with van der Waals surface area (Å²) in [5.74, 6) is 0.139. The van der Waals surface area contributed by atoms with E-state index < -0.39 is 0 Å². The Labute approximate surface area is 130 Å². The first-order chi connectivity index (χ1) is 10.6. The third-order valence-electron chi connectivity index (χ3n) is 3.51. The lowest BCUT2D eigenvalue weighted by Crippen LogP contribution is -2.41. The third kappa shape index (κ3) is 4.53. The number of morpholine rings is 1. The summed E-state index contributed by atoms with van der Waals surface area (Å²) < 4.78 is 5.23. The molecular formula is C16H23N3O3. The summed E-state index contributed by atoms with van der Waals surface area (Å²) in [6.45, 7) is 7.02. The monoisotopic (exact) mass is 305 g/mol. The second-order valence-corrected chi connectivity index (χ2v) is 5.75. The maximum absolute atomic E-state index is 12.4. The Kier molecular flexibility index (Phi) is 5.89. The number of hydrogen-bond acceptors (Lipinski definition) is 4. The molecule has 2 rings (SSSR count). The van der Waals surface area contributed by atoms with Crippen LogP contribution < -0.4 is 5.32 Å². The van der Waals surface area contributed by atoms with Crippen molar-refractivity contribution in [3.63, 3.8) is 0 Å². The highest BCUT2D eigenvalue weighted by molar-refractivity contribution is 5.96. The molecule has 0 bridgehead atoms. The van der Waals surface area contributed by atoms with Crippen LogP contribution in [0.1, 0.15) is 41.2 Å². The minimum atomic E-state index is -0.239. The van der Waals surface area contributed by atoms with Crippen molar-refractivity contribution in [3.8, 4) is 0 Å². The van der Waals surface area contributed by atoms with Crippen LogP contribution in [0.5, 0.6) is 0 Å². The second kappa shape index (κ2) is 7.89. The van der Waals surface area contributed by atoms with Gasteiger partial charge >= 0.3 is 0 Å². The Balaban J connectivity index is 1.99. The maximum Gasteiger partial charge on any atom is 0.272 e. The number of nitrogens with zero attached hydrogens (tertiary/aromatic N) is 2. The van der Waals surface area contributed by atoms with Crippen molar-refractivity contribution < 1.29 is 14.3 Å². The largest absolute Gasteiger partial charge is 0.378 e. The van der Waals surface area contributed by atoms with Gasteiger partial charge in [-0.15, -0.1) is 0 Å². The van der Waals surface area contributed by atoms with Crippen molar-refractivity contribution in [1.29, 1.82) is 0 Å². The van der Waals surface area contributed by atoms with Crippen molar-refractivity contribution in [1.82, 2.24) is 15.2 Å². The molecule has 120 valence electrons. The van der Waals surface area contributed by atoms with E-state index in [9.17, 15) is 9.59 Å². The lowest BCUT2D eigenvalue weighted by atomic mass is 10.1. The highest BCUT2D eigenvalue weighted by atomic mass is 16.5. The predicted octanol–water partition coefficient (Wildman–Crippen LogP) is 1.33. The Hall–Kier alpha value is -1.95. The molecule has 0 aliphatic carbocycles. The zero-order valence-electron chi connectivity index (χ0n) is 13.2. The molecule has 0 atom stereocenters. The molecule has 2 amide bonds. The molecule has 1 fully saturated rings. The normalized spacial score (nSPS) is 15.0. The van der Waals surface area contributed by atoms with E-state index >= 15 is 0 Å². The molecule has 1 aliphatic rings. The maximum atomic E-state index is 12.4. The average molecular weight is 305 g/mol. The van der Waals surface area contributed by atoms with Gasteiger partial charge in [0.25, 0.3) is 11.8 Å².